The molecule has 124 valence electrons. The molecule has 1 aromatic rings. The Morgan fingerprint density at radius 2 is 1.95 bits per heavy atom. The molecule has 1 amide bonds. The van der Waals surface area contributed by atoms with Crippen LogP contribution in [0.5, 0.6) is 0 Å². The third-order valence-corrected chi connectivity index (χ3v) is 2.77. The fourth-order valence-corrected chi connectivity index (χ4v) is 1.52. The minimum Gasteiger partial charge on any atom is -0.370 e. The van der Waals surface area contributed by atoms with Crippen molar-refractivity contribution < 1.29 is 4.79 Å². The van der Waals surface area contributed by atoms with Gasteiger partial charge in [0.05, 0.1) is 0 Å². The van der Waals surface area contributed by atoms with E-state index in [1.165, 1.54) is 0 Å². The number of hydrogen-bond donors (Lipinski definition) is 3. The van der Waals surface area contributed by atoms with E-state index < -0.39 is 0 Å². The molecular formula is C15H26IN5O. The molecule has 0 atom stereocenters. The Bertz CT molecular complexity index is 471. The van der Waals surface area contributed by atoms with E-state index in [4.69, 9.17) is 5.73 Å². The molecule has 1 aromatic heterocycles. The standard InChI is InChI=1S/C15H25N5O.HI/c1-15(2,3)13(21)18-10-11-20-14(16)19-9-7-12-6-4-5-8-17-12;/h4-6,8H,7,9-11H2,1-3H3,(H,18,21)(H3,16,19,20);1H. The first-order valence-electron chi connectivity index (χ1n) is 7.11. The monoisotopic (exact) mass is 419 g/mol. The van der Waals surface area contributed by atoms with Crippen LogP contribution >= 0.6 is 24.0 Å². The van der Waals surface area contributed by atoms with Gasteiger partial charge in [-0.3, -0.25) is 14.8 Å². The summed E-state index contributed by atoms with van der Waals surface area (Å²) in [4.78, 5) is 20.1. The number of aliphatic imine (C=N–C) groups is 1. The maximum absolute atomic E-state index is 11.6. The van der Waals surface area contributed by atoms with Crippen LogP contribution in [0, 0.1) is 5.41 Å². The van der Waals surface area contributed by atoms with Crippen LogP contribution in [0.3, 0.4) is 0 Å². The lowest BCUT2D eigenvalue weighted by atomic mass is 9.96. The van der Waals surface area contributed by atoms with E-state index in [1.807, 2.05) is 39.0 Å². The molecule has 22 heavy (non-hydrogen) atoms. The predicted molar refractivity (Wildman–Crippen MR) is 100 cm³/mol. The molecule has 0 aromatic carbocycles. The van der Waals surface area contributed by atoms with Gasteiger partial charge in [0.15, 0.2) is 5.96 Å². The second kappa shape index (κ2) is 10.4. The molecule has 0 spiro atoms. The maximum atomic E-state index is 11.6. The molecule has 0 radical (unpaired) electrons. The van der Waals surface area contributed by atoms with Crippen molar-refractivity contribution in [1.82, 2.24) is 15.6 Å². The van der Waals surface area contributed by atoms with Crippen LogP contribution in [-0.2, 0) is 11.2 Å². The van der Waals surface area contributed by atoms with E-state index in [1.54, 1.807) is 6.20 Å². The van der Waals surface area contributed by atoms with Crippen LogP contribution in [0.2, 0.25) is 0 Å². The number of rotatable bonds is 6. The summed E-state index contributed by atoms with van der Waals surface area (Å²) in [6.45, 7) is 7.30. The van der Waals surface area contributed by atoms with Crippen LogP contribution < -0.4 is 16.4 Å². The summed E-state index contributed by atoms with van der Waals surface area (Å²) in [5.74, 6) is 0.408. The Hall–Kier alpha value is -1.38. The summed E-state index contributed by atoms with van der Waals surface area (Å²) in [6.07, 6.45) is 2.52. The van der Waals surface area contributed by atoms with Crippen molar-refractivity contribution in [3.8, 4) is 0 Å². The van der Waals surface area contributed by atoms with Crippen molar-refractivity contribution in [2.24, 2.45) is 16.1 Å². The Morgan fingerprint density at radius 3 is 2.55 bits per heavy atom. The maximum Gasteiger partial charge on any atom is 0.225 e. The van der Waals surface area contributed by atoms with Crippen molar-refractivity contribution in [3.63, 3.8) is 0 Å². The smallest absolute Gasteiger partial charge is 0.225 e. The number of aromatic nitrogens is 1. The Balaban J connectivity index is 0.00000441. The first-order chi connectivity index (χ1) is 9.89. The Kier molecular flexibility index (Phi) is 9.71. The van der Waals surface area contributed by atoms with E-state index in [2.05, 4.69) is 20.6 Å². The van der Waals surface area contributed by atoms with Gasteiger partial charge in [0, 0.05) is 43.4 Å². The molecule has 0 saturated carbocycles. The Labute approximate surface area is 149 Å². The molecule has 7 heteroatoms. The number of hydrogen-bond acceptors (Lipinski definition) is 3. The minimum atomic E-state index is -0.373. The number of nitrogens with one attached hydrogen (secondary N) is 2. The molecule has 4 N–H and O–H groups in total. The normalized spacial score (nSPS) is 11.5. The van der Waals surface area contributed by atoms with E-state index in [0.717, 1.165) is 12.1 Å². The van der Waals surface area contributed by atoms with Gasteiger partial charge in [-0.05, 0) is 12.1 Å². The van der Waals surface area contributed by atoms with Gasteiger partial charge in [0.1, 0.15) is 0 Å². The topological polar surface area (TPSA) is 92.4 Å². The number of carbonyl (C=O) groups excluding carboxylic acids is 1. The van der Waals surface area contributed by atoms with Crippen LogP contribution in [0.4, 0.5) is 0 Å². The molecule has 0 aliphatic carbocycles. The minimum absolute atomic E-state index is 0. The summed E-state index contributed by atoms with van der Waals surface area (Å²) in [5, 5.41) is 5.81. The number of nitrogens with two attached hydrogens (primary N) is 1. The molecule has 0 bridgehead atoms. The number of guanidine groups is 1. The molecular weight excluding hydrogens is 393 g/mol. The number of pyridine rings is 1. The zero-order chi connectivity index (χ0) is 15.7. The number of carbonyl (C=O) groups is 1. The van der Waals surface area contributed by atoms with E-state index >= 15 is 0 Å². The first kappa shape index (κ1) is 20.6. The van der Waals surface area contributed by atoms with Gasteiger partial charge in [0.25, 0.3) is 0 Å². The quantitative estimate of drug-likeness (QED) is 0.281. The SMILES string of the molecule is CC(C)(C)C(=O)NCCNC(N)=NCCc1ccccn1.I. The van der Waals surface area contributed by atoms with Gasteiger partial charge in [-0.25, -0.2) is 0 Å². The second-order valence-electron chi connectivity index (χ2n) is 5.77. The third kappa shape index (κ3) is 8.81. The van der Waals surface area contributed by atoms with Gasteiger partial charge >= 0.3 is 0 Å². The van der Waals surface area contributed by atoms with Gasteiger partial charge in [-0.1, -0.05) is 26.8 Å². The average Bonchev–Trinajstić information content (AvgIpc) is 2.43. The zero-order valence-electron chi connectivity index (χ0n) is 13.4. The summed E-state index contributed by atoms with van der Waals surface area (Å²) < 4.78 is 0. The number of nitrogens with zero attached hydrogens (tertiary/aromatic N) is 2. The van der Waals surface area contributed by atoms with Crippen molar-refractivity contribution in [2.75, 3.05) is 19.6 Å². The number of halogens is 1. The highest BCUT2D eigenvalue weighted by atomic mass is 127. The van der Waals surface area contributed by atoms with E-state index in [-0.39, 0.29) is 35.3 Å². The highest BCUT2D eigenvalue weighted by molar-refractivity contribution is 14.0. The van der Waals surface area contributed by atoms with E-state index in [0.29, 0.717) is 25.6 Å². The summed E-state index contributed by atoms with van der Waals surface area (Å²) >= 11 is 0. The summed E-state index contributed by atoms with van der Waals surface area (Å²) in [7, 11) is 0. The molecule has 0 saturated heterocycles. The molecule has 6 nitrogen and oxygen atoms in total. The summed E-state index contributed by atoms with van der Waals surface area (Å²) in [5.41, 5.74) is 6.37. The third-order valence-electron chi connectivity index (χ3n) is 2.77. The second-order valence-corrected chi connectivity index (χ2v) is 5.77. The van der Waals surface area contributed by atoms with Crippen molar-refractivity contribution >= 4 is 35.8 Å². The fraction of sp³-hybridized carbons (Fsp3) is 0.533. The predicted octanol–water partition coefficient (Wildman–Crippen LogP) is 1.31. The van der Waals surface area contributed by atoms with Crippen LogP contribution in [0.1, 0.15) is 26.5 Å². The van der Waals surface area contributed by atoms with Gasteiger partial charge in [-0.2, -0.15) is 0 Å². The van der Waals surface area contributed by atoms with Crippen molar-refractivity contribution in [2.45, 2.75) is 27.2 Å². The lowest BCUT2D eigenvalue weighted by Gasteiger charge is -2.17. The lowest BCUT2D eigenvalue weighted by Crippen LogP contribution is -2.41. The van der Waals surface area contributed by atoms with Crippen LogP contribution in [0.25, 0.3) is 0 Å². The molecule has 0 aliphatic heterocycles. The fourth-order valence-electron chi connectivity index (χ4n) is 1.52. The highest BCUT2D eigenvalue weighted by Gasteiger charge is 2.20. The summed E-state index contributed by atoms with van der Waals surface area (Å²) in [6, 6.07) is 5.79. The molecule has 1 heterocycles. The average molecular weight is 419 g/mol. The molecule has 1 rings (SSSR count). The van der Waals surface area contributed by atoms with Crippen LogP contribution in [-0.4, -0.2) is 36.5 Å². The zero-order valence-corrected chi connectivity index (χ0v) is 15.8. The number of amides is 1. The molecule has 0 fully saturated rings. The Morgan fingerprint density at radius 1 is 1.27 bits per heavy atom. The van der Waals surface area contributed by atoms with Gasteiger partial charge in [0.2, 0.25) is 5.91 Å². The van der Waals surface area contributed by atoms with Crippen molar-refractivity contribution in [3.05, 3.63) is 30.1 Å². The lowest BCUT2D eigenvalue weighted by molar-refractivity contribution is -0.128. The van der Waals surface area contributed by atoms with Gasteiger partial charge < -0.3 is 16.4 Å². The largest absolute Gasteiger partial charge is 0.370 e. The van der Waals surface area contributed by atoms with Crippen LogP contribution in [0.15, 0.2) is 29.4 Å². The molecule has 0 unspecified atom stereocenters. The highest BCUT2D eigenvalue weighted by Crippen LogP contribution is 2.11. The van der Waals surface area contributed by atoms with Gasteiger partial charge in [-0.15, -0.1) is 24.0 Å². The van der Waals surface area contributed by atoms with Crippen molar-refractivity contribution in [1.29, 1.82) is 0 Å². The first-order valence-corrected chi connectivity index (χ1v) is 7.11. The molecule has 0 aliphatic rings. The van der Waals surface area contributed by atoms with E-state index in [9.17, 15) is 4.79 Å².